The van der Waals surface area contributed by atoms with E-state index in [-0.39, 0.29) is 11.7 Å². The van der Waals surface area contributed by atoms with Gasteiger partial charge in [0.05, 0.1) is 11.9 Å². The predicted octanol–water partition coefficient (Wildman–Crippen LogP) is 2.97. The number of anilines is 1. The van der Waals surface area contributed by atoms with Crippen molar-refractivity contribution >= 4 is 17.7 Å². The normalized spacial score (nSPS) is 18.3. The van der Waals surface area contributed by atoms with Crippen molar-refractivity contribution in [3.05, 3.63) is 24.0 Å². The Hall–Kier alpha value is -2.11. The lowest BCUT2D eigenvalue weighted by molar-refractivity contribution is 0.0690. The molecular weight excluding hydrogens is 270 g/mol. The molecule has 0 saturated carbocycles. The summed E-state index contributed by atoms with van der Waals surface area (Å²) in [7, 11) is 0. The predicted molar refractivity (Wildman–Crippen MR) is 79.5 cm³/mol. The van der Waals surface area contributed by atoms with Crippen molar-refractivity contribution < 1.29 is 14.7 Å². The number of carboxylic acids is 1. The van der Waals surface area contributed by atoms with E-state index in [4.69, 9.17) is 5.11 Å². The van der Waals surface area contributed by atoms with Crippen LogP contribution in [0.25, 0.3) is 0 Å². The van der Waals surface area contributed by atoms with Gasteiger partial charge >= 0.3 is 12.0 Å². The van der Waals surface area contributed by atoms with Crippen LogP contribution in [0.15, 0.2) is 18.3 Å². The fraction of sp³-hybridized carbons (Fsp3) is 0.533. The van der Waals surface area contributed by atoms with E-state index in [9.17, 15) is 9.59 Å². The maximum Gasteiger partial charge on any atom is 0.354 e. The summed E-state index contributed by atoms with van der Waals surface area (Å²) in [4.78, 5) is 28.8. The number of nitrogens with zero attached hydrogens (tertiary/aromatic N) is 2. The zero-order chi connectivity index (χ0) is 15.2. The molecule has 6 nitrogen and oxygen atoms in total. The van der Waals surface area contributed by atoms with Gasteiger partial charge in [0.25, 0.3) is 0 Å². The van der Waals surface area contributed by atoms with Gasteiger partial charge in [-0.05, 0) is 37.8 Å². The number of aromatic carboxylic acids is 1. The Morgan fingerprint density at radius 1 is 1.43 bits per heavy atom. The lowest BCUT2D eigenvalue weighted by atomic mass is 9.99. The minimum absolute atomic E-state index is 0.0326. The number of carboxylic acid groups (broad SMARTS) is 1. The van der Waals surface area contributed by atoms with Crippen molar-refractivity contribution in [2.24, 2.45) is 0 Å². The highest BCUT2D eigenvalue weighted by Crippen LogP contribution is 2.21. The maximum atomic E-state index is 12.3. The third kappa shape index (κ3) is 3.93. The fourth-order valence-corrected chi connectivity index (χ4v) is 2.69. The first-order chi connectivity index (χ1) is 10.1. The van der Waals surface area contributed by atoms with Crippen LogP contribution >= 0.6 is 0 Å². The van der Waals surface area contributed by atoms with Crippen molar-refractivity contribution in [3.8, 4) is 0 Å². The van der Waals surface area contributed by atoms with Gasteiger partial charge < -0.3 is 15.3 Å². The molecule has 2 rings (SSSR count). The molecule has 0 aliphatic carbocycles. The average molecular weight is 291 g/mol. The second-order valence-corrected chi connectivity index (χ2v) is 5.30. The smallest absolute Gasteiger partial charge is 0.354 e. The molecule has 0 spiro atoms. The Labute approximate surface area is 124 Å². The summed E-state index contributed by atoms with van der Waals surface area (Å²) in [6, 6.07) is 3.12. The van der Waals surface area contributed by atoms with Gasteiger partial charge in [-0.15, -0.1) is 0 Å². The number of pyridine rings is 1. The van der Waals surface area contributed by atoms with Crippen LogP contribution in [0.4, 0.5) is 10.5 Å². The van der Waals surface area contributed by atoms with Crippen molar-refractivity contribution in [2.45, 2.75) is 45.1 Å². The van der Waals surface area contributed by atoms with Crippen LogP contribution in [0.3, 0.4) is 0 Å². The standard InChI is InChI=1S/C15H21N3O3/c1-2-5-12-6-3-4-9-18(12)15(21)17-11-7-8-13(14(19)20)16-10-11/h7-8,10,12H,2-6,9H2,1H3,(H,17,21)(H,19,20). The molecule has 114 valence electrons. The van der Waals surface area contributed by atoms with E-state index in [2.05, 4.69) is 17.2 Å². The number of aromatic nitrogens is 1. The van der Waals surface area contributed by atoms with Gasteiger partial charge in [-0.3, -0.25) is 0 Å². The molecule has 1 atom stereocenters. The van der Waals surface area contributed by atoms with Crippen LogP contribution < -0.4 is 5.32 Å². The highest BCUT2D eigenvalue weighted by atomic mass is 16.4. The first-order valence-corrected chi connectivity index (χ1v) is 7.38. The summed E-state index contributed by atoms with van der Waals surface area (Å²) in [6.07, 6.45) is 6.71. The van der Waals surface area contributed by atoms with Crippen molar-refractivity contribution in [2.75, 3.05) is 11.9 Å². The average Bonchev–Trinajstić information content (AvgIpc) is 2.48. The Bertz CT molecular complexity index is 499. The van der Waals surface area contributed by atoms with E-state index in [0.29, 0.717) is 11.7 Å². The molecule has 0 bridgehead atoms. The molecule has 0 aromatic carbocycles. The minimum Gasteiger partial charge on any atom is -0.477 e. The second kappa shape index (κ2) is 7.06. The summed E-state index contributed by atoms with van der Waals surface area (Å²) in [6.45, 7) is 2.90. The Morgan fingerprint density at radius 3 is 2.86 bits per heavy atom. The van der Waals surface area contributed by atoms with Crippen molar-refractivity contribution in [1.82, 2.24) is 9.88 Å². The van der Waals surface area contributed by atoms with Gasteiger partial charge in [0.1, 0.15) is 5.69 Å². The maximum absolute atomic E-state index is 12.3. The van der Waals surface area contributed by atoms with Crippen LogP contribution in [0, 0.1) is 0 Å². The molecule has 2 amide bonds. The lowest BCUT2D eigenvalue weighted by Crippen LogP contribution is -2.45. The van der Waals surface area contributed by atoms with Crippen LogP contribution in [-0.4, -0.2) is 39.6 Å². The molecule has 1 aromatic rings. The van der Waals surface area contributed by atoms with E-state index in [0.717, 1.165) is 32.2 Å². The van der Waals surface area contributed by atoms with Gasteiger partial charge in [0.15, 0.2) is 0 Å². The summed E-state index contributed by atoms with van der Waals surface area (Å²) in [5.74, 6) is -1.08. The summed E-state index contributed by atoms with van der Waals surface area (Å²) >= 11 is 0. The quantitative estimate of drug-likeness (QED) is 0.893. The number of rotatable bonds is 4. The van der Waals surface area contributed by atoms with Gasteiger partial charge in [0.2, 0.25) is 0 Å². The number of piperidine rings is 1. The number of urea groups is 1. The molecule has 2 N–H and O–H groups in total. The first-order valence-electron chi connectivity index (χ1n) is 7.38. The van der Waals surface area contributed by atoms with E-state index in [1.807, 2.05) is 4.90 Å². The van der Waals surface area contributed by atoms with Crippen LogP contribution in [-0.2, 0) is 0 Å². The second-order valence-electron chi connectivity index (χ2n) is 5.30. The molecule has 6 heteroatoms. The molecule has 1 fully saturated rings. The minimum atomic E-state index is -1.08. The molecule has 0 radical (unpaired) electrons. The molecule has 1 aliphatic heterocycles. The molecular formula is C15H21N3O3. The molecule has 2 heterocycles. The zero-order valence-corrected chi connectivity index (χ0v) is 12.2. The molecule has 21 heavy (non-hydrogen) atoms. The third-order valence-electron chi connectivity index (χ3n) is 3.74. The van der Waals surface area contributed by atoms with Crippen LogP contribution in [0.1, 0.15) is 49.5 Å². The Kier molecular flexibility index (Phi) is 5.14. The summed E-state index contributed by atoms with van der Waals surface area (Å²) < 4.78 is 0. The van der Waals surface area contributed by atoms with Gasteiger partial charge in [-0.2, -0.15) is 0 Å². The Morgan fingerprint density at radius 2 is 2.24 bits per heavy atom. The van der Waals surface area contributed by atoms with Crippen LogP contribution in [0.2, 0.25) is 0 Å². The largest absolute Gasteiger partial charge is 0.477 e. The van der Waals surface area contributed by atoms with E-state index >= 15 is 0 Å². The monoisotopic (exact) mass is 291 g/mol. The number of likely N-dealkylation sites (tertiary alicyclic amines) is 1. The number of amides is 2. The van der Waals surface area contributed by atoms with Gasteiger partial charge in [0, 0.05) is 12.6 Å². The van der Waals surface area contributed by atoms with E-state index in [1.165, 1.54) is 18.7 Å². The topological polar surface area (TPSA) is 82.5 Å². The number of nitrogens with one attached hydrogen (secondary N) is 1. The van der Waals surface area contributed by atoms with Crippen LogP contribution in [0.5, 0.6) is 0 Å². The highest BCUT2D eigenvalue weighted by molar-refractivity contribution is 5.90. The highest BCUT2D eigenvalue weighted by Gasteiger charge is 2.25. The molecule has 1 unspecified atom stereocenters. The van der Waals surface area contributed by atoms with E-state index in [1.54, 1.807) is 6.07 Å². The molecule has 1 aliphatic rings. The molecule has 1 saturated heterocycles. The van der Waals surface area contributed by atoms with Crippen molar-refractivity contribution in [3.63, 3.8) is 0 Å². The summed E-state index contributed by atoms with van der Waals surface area (Å²) in [5.41, 5.74) is 0.487. The van der Waals surface area contributed by atoms with E-state index < -0.39 is 5.97 Å². The number of hydrogen-bond acceptors (Lipinski definition) is 3. The third-order valence-corrected chi connectivity index (χ3v) is 3.74. The number of hydrogen-bond donors (Lipinski definition) is 2. The lowest BCUT2D eigenvalue weighted by Gasteiger charge is -2.35. The number of carbonyl (C=O) groups excluding carboxylic acids is 1. The van der Waals surface area contributed by atoms with Crippen molar-refractivity contribution in [1.29, 1.82) is 0 Å². The Balaban J connectivity index is 2.00. The van der Waals surface area contributed by atoms with Gasteiger partial charge in [-0.1, -0.05) is 13.3 Å². The number of carbonyl (C=O) groups is 2. The first kappa shape index (κ1) is 15.3. The molecule has 1 aromatic heterocycles. The zero-order valence-electron chi connectivity index (χ0n) is 12.2. The summed E-state index contributed by atoms with van der Waals surface area (Å²) in [5, 5.41) is 11.6. The SMILES string of the molecule is CCCC1CCCCN1C(=O)Nc1ccc(C(=O)O)nc1. The van der Waals surface area contributed by atoms with Gasteiger partial charge in [-0.25, -0.2) is 14.6 Å². The fourth-order valence-electron chi connectivity index (χ4n) is 2.69.